The molecule has 1 N–H and O–H groups in total. The number of nitrogens with zero attached hydrogens (tertiary/aromatic N) is 1. The van der Waals surface area contributed by atoms with Crippen LogP contribution in [0.15, 0.2) is 48.5 Å². The van der Waals surface area contributed by atoms with Gasteiger partial charge in [0, 0.05) is 24.6 Å². The molecular weight excluding hydrogens is 364 g/mol. The van der Waals surface area contributed by atoms with E-state index in [0.717, 1.165) is 21.9 Å². The summed E-state index contributed by atoms with van der Waals surface area (Å²) >= 11 is 0. The predicted molar refractivity (Wildman–Crippen MR) is 106 cm³/mol. The van der Waals surface area contributed by atoms with Gasteiger partial charge in [-0.2, -0.15) is 0 Å². The van der Waals surface area contributed by atoms with Gasteiger partial charge in [-0.3, -0.25) is 9.10 Å². The van der Waals surface area contributed by atoms with Crippen LogP contribution >= 0.6 is 0 Å². The van der Waals surface area contributed by atoms with Crippen molar-refractivity contribution in [3.05, 3.63) is 59.7 Å². The van der Waals surface area contributed by atoms with Crippen LogP contribution in [0.1, 0.15) is 42.2 Å². The second kappa shape index (κ2) is 6.88. The molecule has 3 rings (SSSR count). The van der Waals surface area contributed by atoms with Gasteiger partial charge in [0.2, 0.25) is 10.0 Å². The van der Waals surface area contributed by atoms with Gasteiger partial charge in [0.05, 0.1) is 18.0 Å². The number of benzene rings is 2. The Hall–Kier alpha value is -2.54. The number of ether oxygens (including phenoxy) is 1. The van der Waals surface area contributed by atoms with Crippen LogP contribution in [0.25, 0.3) is 0 Å². The van der Waals surface area contributed by atoms with Gasteiger partial charge in [0.25, 0.3) is 5.91 Å². The van der Waals surface area contributed by atoms with Crippen LogP contribution in [-0.2, 0) is 10.0 Å². The van der Waals surface area contributed by atoms with E-state index in [2.05, 4.69) is 5.32 Å². The van der Waals surface area contributed by atoms with Crippen LogP contribution in [0, 0.1) is 0 Å². The number of carbonyl (C=O) groups excluding carboxylic acids is 1. The predicted octanol–water partition coefficient (Wildman–Crippen LogP) is 3.11. The Morgan fingerprint density at radius 3 is 2.59 bits per heavy atom. The second-order valence-corrected chi connectivity index (χ2v) is 9.42. The first-order chi connectivity index (χ1) is 12.6. The molecule has 1 amide bonds. The summed E-state index contributed by atoms with van der Waals surface area (Å²) in [5.74, 6) is 0.515. The monoisotopic (exact) mass is 388 g/mol. The highest BCUT2D eigenvalue weighted by Crippen LogP contribution is 2.39. The van der Waals surface area contributed by atoms with Crippen molar-refractivity contribution in [3.63, 3.8) is 0 Å². The number of anilines is 1. The van der Waals surface area contributed by atoms with Crippen molar-refractivity contribution >= 4 is 21.6 Å². The molecule has 2 aromatic rings. The summed E-state index contributed by atoms with van der Waals surface area (Å²) in [6, 6.07) is 14.1. The van der Waals surface area contributed by atoms with Gasteiger partial charge in [-0.25, -0.2) is 8.42 Å². The third-order valence-electron chi connectivity index (χ3n) is 4.65. The summed E-state index contributed by atoms with van der Waals surface area (Å²) in [7, 11) is -1.93. The molecule has 1 aliphatic rings. The SMILES string of the molecule is CN(c1cccc(C(=O)N[C@H]2CC(C)(C)Oc3ccccc32)c1)S(C)(=O)=O. The minimum absolute atomic E-state index is 0.186. The van der Waals surface area contributed by atoms with Gasteiger partial charge < -0.3 is 10.1 Å². The molecule has 27 heavy (non-hydrogen) atoms. The van der Waals surface area contributed by atoms with Gasteiger partial charge in [-0.05, 0) is 38.1 Å². The van der Waals surface area contributed by atoms with Crippen molar-refractivity contribution in [2.75, 3.05) is 17.6 Å². The van der Waals surface area contributed by atoms with Gasteiger partial charge in [0.1, 0.15) is 11.4 Å². The van der Waals surface area contributed by atoms with Gasteiger partial charge >= 0.3 is 0 Å². The number of carbonyl (C=O) groups is 1. The maximum Gasteiger partial charge on any atom is 0.251 e. The molecule has 0 saturated heterocycles. The number of para-hydroxylation sites is 1. The number of hydrogen-bond acceptors (Lipinski definition) is 4. The van der Waals surface area contributed by atoms with Crippen molar-refractivity contribution in [1.29, 1.82) is 0 Å². The lowest BCUT2D eigenvalue weighted by Gasteiger charge is -2.37. The number of sulfonamides is 1. The fourth-order valence-corrected chi connectivity index (χ4v) is 3.70. The third-order valence-corrected chi connectivity index (χ3v) is 5.86. The van der Waals surface area contributed by atoms with Gasteiger partial charge in [0.15, 0.2) is 0 Å². The van der Waals surface area contributed by atoms with Gasteiger partial charge in [-0.1, -0.05) is 24.3 Å². The molecule has 0 saturated carbocycles. The molecule has 7 heteroatoms. The summed E-state index contributed by atoms with van der Waals surface area (Å²) in [5, 5.41) is 3.06. The summed E-state index contributed by atoms with van der Waals surface area (Å²) in [4.78, 5) is 12.8. The van der Waals surface area contributed by atoms with E-state index in [4.69, 9.17) is 4.74 Å². The average Bonchev–Trinajstić information content (AvgIpc) is 2.59. The highest BCUT2D eigenvalue weighted by molar-refractivity contribution is 7.92. The average molecular weight is 388 g/mol. The Morgan fingerprint density at radius 1 is 1.19 bits per heavy atom. The van der Waals surface area contributed by atoms with Crippen LogP contribution in [0.5, 0.6) is 5.75 Å². The van der Waals surface area contributed by atoms with Crippen molar-refractivity contribution in [2.24, 2.45) is 0 Å². The molecule has 1 atom stereocenters. The van der Waals surface area contributed by atoms with Crippen LogP contribution in [0.2, 0.25) is 0 Å². The molecule has 1 aliphatic heterocycles. The topological polar surface area (TPSA) is 75.7 Å². The zero-order chi connectivity index (χ0) is 19.8. The Kier molecular flexibility index (Phi) is 4.90. The lowest BCUT2D eigenvalue weighted by Crippen LogP contribution is -2.41. The summed E-state index contributed by atoms with van der Waals surface area (Å²) in [6.07, 6.45) is 1.76. The molecule has 144 valence electrons. The van der Waals surface area contributed by atoms with E-state index in [-0.39, 0.29) is 11.9 Å². The smallest absolute Gasteiger partial charge is 0.251 e. The quantitative estimate of drug-likeness (QED) is 0.873. The molecule has 0 spiro atoms. The standard InChI is InChI=1S/C20H24N2O4S/c1-20(2)13-17(16-10-5-6-11-18(16)26-20)21-19(23)14-8-7-9-15(12-14)22(3)27(4,24)25/h5-12,17H,13H2,1-4H3,(H,21,23)/t17-/m0/s1. The second-order valence-electron chi connectivity index (χ2n) is 7.41. The normalized spacial score (nSPS) is 18.1. The molecule has 0 radical (unpaired) electrons. The molecule has 2 aromatic carbocycles. The summed E-state index contributed by atoms with van der Waals surface area (Å²) < 4.78 is 30.6. The number of fused-ring (bicyclic) bond motifs is 1. The van der Waals surface area contributed by atoms with E-state index in [1.165, 1.54) is 7.05 Å². The molecule has 0 fully saturated rings. The molecule has 0 aromatic heterocycles. The van der Waals surface area contributed by atoms with Crippen LogP contribution < -0.4 is 14.4 Å². The minimum Gasteiger partial charge on any atom is -0.487 e. The summed E-state index contributed by atoms with van der Waals surface area (Å²) in [6.45, 7) is 3.98. The highest BCUT2D eigenvalue weighted by atomic mass is 32.2. The number of amides is 1. The Bertz CT molecular complexity index is 969. The molecular formula is C20H24N2O4S. The zero-order valence-electron chi connectivity index (χ0n) is 15.9. The lowest BCUT2D eigenvalue weighted by molar-refractivity contribution is 0.0619. The summed E-state index contributed by atoms with van der Waals surface area (Å²) in [5.41, 5.74) is 1.39. The first-order valence-corrected chi connectivity index (χ1v) is 10.5. The molecule has 1 heterocycles. The lowest BCUT2D eigenvalue weighted by atomic mass is 9.89. The van der Waals surface area contributed by atoms with E-state index in [0.29, 0.717) is 17.7 Å². The van der Waals surface area contributed by atoms with E-state index < -0.39 is 15.6 Å². The van der Waals surface area contributed by atoms with Gasteiger partial charge in [-0.15, -0.1) is 0 Å². The number of hydrogen-bond donors (Lipinski definition) is 1. The van der Waals surface area contributed by atoms with Crippen molar-refractivity contribution in [2.45, 2.75) is 31.9 Å². The zero-order valence-corrected chi connectivity index (χ0v) is 16.7. The largest absolute Gasteiger partial charge is 0.487 e. The fraction of sp³-hybridized carbons (Fsp3) is 0.350. The molecule has 0 aliphatic carbocycles. The van der Waals surface area contributed by atoms with Crippen molar-refractivity contribution < 1.29 is 17.9 Å². The minimum atomic E-state index is -3.40. The fourth-order valence-electron chi connectivity index (χ4n) is 3.21. The van der Waals surface area contributed by atoms with Crippen LogP contribution in [-0.4, -0.2) is 33.2 Å². The van der Waals surface area contributed by atoms with Crippen LogP contribution in [0.3, 0.4) is 0 Å². The Labute approximate surface area is 160 Å². The Morgan fingerprint density at radius 2 is 1.89 bits per heavy atom. The molecule has 6 nitrogen and oxygen atoms in total. The van der Waals surface area contributed by atoms with Crippen molar-refractivity contribution in [3.8, 4) is 5.75 Å². The van der Waals surface area contributed by atoms with Crippen molar-refractivity contribution in [1.82, 2.24) is 5.32 Å². The van der Waals surface area contributed by atoms with E-state index in [1.54, 1.807) is 24.3 Å². The Balaban J connectivity index is 1.86. The third kappa shape index (κ3) is 4.24. The molecule has 0 bridgehead atoms. The van der Waals surface area contributed by atoms with E-state index in [9.17, 15) is 13.2 Å². The number of rotatable bonds is 4. The maximum atomic E-state index is 12.8. The van der Waals surface area contributed by atoms with Crippen LogP contribution in [0.4, 0.5) is 5.69 Å². The van der Waals surface area contributed by atoms with E-state index >= 15 is 0 Å². The van der Waals surface area contributed by atoms with E-state index in [1.807, 2.05) is 38.1 Å². The maximum absolute atomic E-state index is 12.8. The molecule has 0 unspecified atom stereocenters. The number of nitrogens with one attached hydrogen (secondary N) is 1. The highest BCUT2D eigenvalue weighted by Gasteiger charge is 2.34. The first-order valence-electron chi connectivity index (χ1n) is 8.70. The first kappa shape index (κ1) is 19.2.